The summed E-state index contributed by atoms with van der Waals surface area (Å²) in [4.78, 5) is 22.3. The molecule has 0 atom stereocenters. The van der Waals surface area contributed by atoms with Crippen molar-refractivity contribution < 1.29 is 29.3 Å². The number of carboxylic acids is 2. The molecule has 0 amide bonds. The Balaban J connectivity index is 1.39. The zero-order chi connectivity index (χ0) is 28.6. The lowest BCUT2D eigenvalue weighted by Gasteiger charge is -2.12. The van der Waals surface area contributed by atoms with Crippen LogP contribution in [0.3, 0.4) is 0 Å². The zero-order valence-corrected chi connectivity index (χ0v) is 23.8. The van der Waals surface area contributed by atoms with Gasteiger partial charge in [0.25, 0.3) is 0 Å². The van der Waals surface area contributed by atoms with Crippen molar-refractivity contribution in [2.75, 3.05) is 13.7 Å². The van der Waals surface area contributed by atoms with Crippen molar-refractivity contribution in [3.63, 3.8) is 0 Å². The predicted molar refractivity (Wildman–Crippen MR) is 161 cm³/mol. The van der Waals surface area contributed by atoms with Gasteiger partial charge in [-0.3, -0.25) is 0 Å². The Hall–Kier alpha value is -3.71. The zero-order valence-electron chi connectivity index (χ0n) is 23.0. The van der Waals surface area contributed by atoms with E-state index in [-0.39, 0.29) is 5.56 Å². The average molecular weight is 563 g/mol. The molecule has 212 valence electrons. The van der Waals surface area contributed by atoms with E-state index in [2.05, 4.69) is 12.1 Å². The van der Waals surface area contributed by atoms with E-state index >= 15 is 0 Å². The fourth-order valence-corrected chi connectivity index (χ4v) is 5.24. The van der Waals surface area contributed by atoms with Crippen molar-refractivity contribution in [1.29, 1.82) is 0 Å². The van der Waals surface area contributed by atoms with E-state index in [0.29, 0.717) is 23.9 Å². The third-order valence-corrected chi connectivity index (χ3v) is 7.54. The molecule has 2 N–H and O–H groups in total. The molecule has 0 fully saturated rings. The number of ether oxygens (including phenoxy) is 2. The summed E-state index contributed by atoms with van der Waals surface area (Å²) in [7, 11) is 1.68. The van der Waals surface area contributed by atoms with Gasteiger partial charge < -0.3 is 19.7 Å². The highest BCUT2D eigenvalue weighted by atomic mass is 32.2. The maximum absolute atomic E-state index is 11.2. The van der Waals surface area contributed by atoms with E-state index in [4.69, 9.17) is 14.6 Å². The molecular formula is C33H38O6S. The highest BCUT2D eigenvalue weighted by Crippen LogP contribution is 2.26. The lowest BCUT2D eigenvalue weighted by Crippen LogP contribution is -2.00. The first-order valence-electron chi connectivity index (χ1n) is 13.6. The number of carbonyl (C=O) groups is 2. The molecule has 0 heterocycles. The predicted octanol–water partition coefficient (Wildman–Crippen LogP) is 7.89. The van der Waals surface area contributed by atoms with E-state index in [9.17, 15) is 14.7 Å². The number of hydrogen-bond acceptors (Lipinski definition) is 5. The van der Waals surface area contributed by atoms with Crippen LogP contribution in [-0.4, -0.2) is 35.9 Å². The summed E-state index contributed by atoms with van der Waals surface area (Å²) in [5.74, 6) is 1.03. The molecule has 0 aliphatic rings. The molecule has 0 saturated carbocycles. The molecule has 0 aliphatic carbocycles. The summed E-state index contributed by atoms with van der Waals surface area (Å²) >= 11 is 1.67. The molecule has 0 unspecified atom stereocenters. The van der Waals surface area contributed by atoms with Gasteiger partial charge in [-0.1, -0.05) is 56.0 Å². The second-order valence-corrected chi connectivity index (χ2v) is 10.6. The molecule has 40 heavy (non-hydrogen) atoms. The summed E-state index contributed by atoms with van der Waals surface area (Å²) in [6.45, 7) is 0.591. The molecule has 7 heteroatoms. The number of thioether (sulfide) groups is 1. The quantitative estimate of drug-likeness (QED) is 0.120. The van der Waals surface area contributed by atoms with Crippen LogP contribution in [0.1, 0.15) is 71.1 Å². The van der Waals surface area contributed by atoms with E-state index < -0.39 is 11.9 Å². The van der Waals surface area contributed by atoms with Gasteiger partial charge in [0.1, 0.15) is 11.5 Å². The first kappa shape index (κ1) is 30.8. The molecule has 0 radical (unpaired) electrons. The Bertz CT molecular complexity index is 1250. The maximum Gasteiger partial charge on any atom is 0.335 e. The molecule has 0 bridgehead atoms. The lowest BCUT2D eigenvalue weighted by atomic mass is 10.0. The van der Waals surface area contributed by atoms with Crippen LogP contribution in [0, 0.1) is 0 Å². The van der Waals surface area contributed by atoms with Crippen LogP contribution in [0.5, 0.6) is 11.5 Å². The Morgan fingerprint density at radius 2 is 1.48 bits per heavy atom. The standard InChI is InChI=1S/C33H38O6S/c1-38-30-16-12-25(13-17-30)9-6-4-2-3-5-7-20-39-31-18-14-27(21-28(31)15-19-32(34)35)24-40-23-26-10-8-11-29(22-26)33(36)37/h8,10-19,21-22H,2-7,9,20,23-24H2,1H3,(H,34,35)(H,36,37)/b19-15+. The van der Waals surface area contributed by atoms with Crippen LogP contribution in [0.25, 0.3) is 6.08 Å². The lowest BCUT2D eigenvalue weighted by molar-refractivity contribution is -0.131. The number of hydrogen-bond donors (Lipinski definition) is 2. The number of unbranched alkanes of at least 4 members (excludes halogenated alkanes) is 5. The molecule has 6 nitrogen and oxygen atoms in total. The van der Waals surface area contributed by atoms with Gasteiger partial charge in [-0.15, -0.1) is 0 Å². The Morgan fingerprint density at radius 3 is 2.17 bits per heavy atom. The number of aliphatic carboxylic acids is 1. The minimum absolute atomic E-state index is 0.283. The van der Waals surface area contributed by atoms with Crippen molar-refractivity contribution in [2.24, 2.45) is 0 Å². The molecule has 3 aromatic rings. The average Bonchev–Trinajstić information content (AvgIpc) is 2.96. The van der Waals surface area contributed by atoms with Gasteiger partial charge in [-0.2, -0.15) is 11.8 Å². The van der Waals surface area contributed by atoms with Gasteiger partial charge in [0.15, 0.2) is 0 Å². The molecule has 3 rings (SSSR count). The summed E-state index contributed by atoms with van der Waals surface area (Å²) in [5.41, 5.74) is 4.37. The first-order chi connectivity index (χ1) is 19.4. The molecular weight excluding hydrogens is 524 g/mol. The van der Waals surface area contributed by atoms with Gasteiger partial charge in [0.05, 0.1) is 19.3 Å². The van der Waals surface area contributed by atoms with E-state index in [1.165, 1.54) is 31.2 Å². The van der Waals surface area contributed by atoms with Gasteiger partial charge >= 0.3 is 11.9 Å². The minimum atomic E-state index is -1.00. The van der Waals surface area contributed by atoms with Crippen LogP contribution in [-0.2, 0) is 22.7 Å². The summed E-state index contributed by atoms with van der Waals surface area (Å²) in [6, 6.07) is 21.1. The van der Waals surface area contributed by atoms with Crippen molar-refractivity contribution >= 4 is 29.8 Å². The summed E-state index contributed by atoms with van der Waals surface area (Å²) in [5, 5.41) is 18.3. The Kier molecular flexibility index (Phi) is 13.2. The third kappa shape index (κ3) is 11.2. The minimum Gasteiger partial charge on any atom is -0.497 e. The fraction of sp³-hybridized carbons (Fsp3) is 0.333. The highest BCUT2D eigenvalue weighted by Gasteiger charge is 2.07. The van der Waals surface area contributed by atoms with Crippen molar-refractivity contribution in [1.82, 2.24) is 0 Å². The molecule has 0 aliphatic heterocycles. The monoisotopic (exact) mass is 562 g/mol. The van der Waals surface area contributed by atoms with Gasteiger partial charge in [0, 0.05) is 23.1 Å². The van der Waals surface area contributed by atoms with Crippen molar-refractivity contribution in [3.05, 3.63) is 101 Å². The molecule has 0 saturated heterocycles. The Morgan fingerprint density at radius 1 is 0.800 bits per heavy atom. The van der Waals surface area contributed by atoms with E-state index in [1.54, 1.807) is 43.1 Å². The van der Waals surface area contributed by atoms with Gasteiger partial charge in [0.2, 0.25) is 0 Å². The number of rotatable bonds is 18. The third-order valence-electron chi connectivity index (χ3n) is 6.47. The second-order valence-electron chi connectivity index (χ2n) is 9.61. The van der Waals surface area contributed by atoms with Crippen LogP contribution < -0.4 is 9.47 Å². The molecule has 0 spiro atoms. The fourth-order valence-electron chi connectivity index (χ4n) is 4.30. The van der Waals surface area contributed by atoms with Crippen LogP contribution in [0.2, 0.25) is 0 Å². The maximum atomic E-state index is 11.2. The van der Waals surface area contributed by atoms with E-state index in [1.807, 2.05) is 36.4 Å². The molecule has 3 aromatic carbocycles. The SMILES string of the molecule is COc1ccc(CCCCCCCCOc2ccc(CSCc3cccc(C(=O)O)c3)cc2/C=C/C(=O)O)cc1. The van der Waals surface area contributed by atoms with Crippen LogP contribution in [0.15, 0.2) is 72.8 Å². The smallest absolute Gasteiger partial charge is 0.335 e. The van der Waals surface area contributed by atoms with Gasteiger partial charge in [-0.05, 0) is 78.4 Å². The van der Waals surface area contributed by atoms with Crippen LogP contribution in [0.4, 0.5) is 0 Å². The van der Waals surface area contributed by atoms with Gasteiger partial charge in [-0.25, -0.2) is 9.59 Å². The van der Waals surface area contributed by atoms with E-state index in [0.717, 1.165) is 47.8 Å². The summed E-state index contributed by atoms with van der Waals surface area (Å²) < 4.78 is 11.2. The first-order valence-corrected chi connectivity index (χ1v) is 14.8. The second kappa shape index (κ2) is 17.1. The number of aryl methyl sites for hydroxylation is 1. The van der Waals surface area contributed by atoms with Crippen molar-refractivity contribution in [2.45, 2.75) is 56.5 Å². The van der Waals surface area contributed by atoms with Crippen molar-refractivity contribution in [3.8, 4) is 11.5 Å². The highest BCUT2D eigenvalue weighted by molar-refractivity contribution is 7.97. The summed E-state index contributed by atoms with van der Waals surface area (Å²) in [6.07, 6.45) is 10.6. The number of benzene rings is 3. The largest absolute Gasteiger partial charge is 0.497 e. The number of carboxylic acid groups (broad SMARTS) is 2. The topological polar surface area (TPSA) is 93.1 Å². The Labute approximate surface area is 241 Å². The normalized spacial score (nSPS) is 11.0. The number of aromatic carboxylic acids is 1. The number of methoxy groups -OCH3 is 1. The molecule has 0 aromatic heterocycles. The van der Waals surface area contributed by atoms with Crippen LogP contribution >= 0.6 is 11.8 Å².